The summed E-state index contributed by atoms with van der Waals surface area (Å²) in [7, 11) is 0. The molecule has 12 heavy (non-hydrogen) atoms. The summed E-state index contributed by atoms with van der Waals surface area (Å²) < 4.78 is 0.812. The van der Waals surface area contributed by atoms with E-state index in [0.717, 1.165) is 11.3 Å². The van der Waals surface area contributed by atoms with Crippen molar-refractivity contribution in [1.82, 2.24) is 5.43 Å². The van der Waals surface area contributed by atoms with Crippen LogP contribution in [0.3, 0.4) is 0 Å². The number of carbonyl (C=O) groups excluding carboxylic acids is 1. The Morgan fingerprint density at radius 1 is 1.58 bits per heavy atom. The highest BCUT2D eigenvalue weighted by Crippen LogP contribution is 2.30. The summed E-state index contributed by atoms with van der Waals surface area (Å²) in [6.45, 7) is 0. The van der Waals surface area contributed by atoms with Gasteiger partial charge in [0, 0.05) is 0 Å². The summed E-state index contributed by atoms with van der Waals surface area (Å²) in [5.41, 5.74) is 2.27. The van der Waals surface area contributed by atoms with Crippen LogP contribution in [-0.4, -0.2) is 5.91 Å². The maximum atomic E-state index is 10.9. The Kier molecular flexibility index (Phi) is 4.89. The van der Waals surface area contributed by atoms with Crippen LogP contribution in [0.1, 0.15) is 10.4 Å². The molecule has 0 aromatic carbocycles. The number of hydrogen-bond donors (Lipinski definition) is 2. The van der Waals surface area contributed by atoms with E-state index in [9.17, 15) is 4.79 Å². The molecular formula is C5H5Cl3N2OS. The topological polar surface area (TPSA) is 55.1 Å². The van der Waals surface area contributed by atoms with Crippen LogP contribution in [0.5, 0.6) is 0 Å². The van der Waals surface area contributed by atoms with Gasteiger partial charge in [0.1, 0.15) is 4.34 Å². The number of hydrazine groups is 1. The Balaban J connectivity index is 0.00000121. The smallest absolute Gasteiger partial charge is 0.267 e. The summed E-state index contributed by atoms with van der Waals surface area (Å²) in [4.78, 5) is 10.9. The van der Waals surface area contributed by atoms with Crippen molar-refractivity contribution in [3.05, 3.63) is 20.3 Å². The number of nitrogens with one attached hydrogen (secondary N) is 1. The maximum absolute atomic E-state index is 10.9. The minimum Gasteiger partial charge on any atom is -0.290 e. The van der Waals surface area contributed by atoms with Crippen molar-refractivity contribution in [3.8, 4) is 0 Å². The lowest BCUT2D eigenvalue weighted by Crippen LogP contribution is -2.29. The van der Waals surface area contributed by atoms with Crippen LogP contribution in [0, 0.1) is 0 Å². The highest BCUT2D eigenvalue weighted by atomic mass is 35.5. The van der Waals surface area contributed by atoms with Crippen molar-refractivity contribution in [2.75, 3.05) is 0 Å². The third-order valence-electron chi connectivity index (χ3n) is 1.03. The summed E-state index contributed by atoms with van der Waals surface area (Å²) in [6.07, 6.45) is 0. The zero-order chi connectivity index (χ0) is 8.43. The maximum Gasteiger partial charge on any atom is 0.267 e. The Morgan fingerprint density at radius 3 is 2.50 bits per heavy atom. The fourth-order valence-corrected chi connectivity index (χ4v) is 2.03. The highest BCUT2D eigenvalue weighted by molar-refractivity contribution is 7.20. The normalized spacial score (nSPS) is 8.92. The zero-order valence-corrected chi connectivity index (χ0v) is 8.78. The quantitative estimate of drug-likeness (QED) is 0.453. The van der Waals surface area contributed by atoms with Crippen molar-refractivity contribution in [1.29, 1.82) is 0 Å². The van der Waals surface area contributed by atoms with Crippen LogP contribution in [0.25, 0.3) is 0 Å². The Morgan fingerprint density at radius 2 is 2.17 bits per heavy atom. The molecule has 1 rings (SSSR count). The summed E-state index contributed by atoms with van der Waals surface area (Å²) in [5, 5.41) is 0. The van der Waals surface area contributed by atoms with E-state index < -0.39 is 5.91 Å². The molecule has 0 aliphatic carbocycles. The number of halogens is 3. The average molecular weight is 248 g/mol. The van der Waals surface area contributed by atoms with Crippen LogP contribution >= 0.6 is 46.9 Å². The molecule has 7 heteroatoms. The van der Waals surface area contributed by atoms with Gasteiger partial charge in [-0.05, 0) is 6.07 Å². The number of nitrogen functional groups attached to an aromatic ring is 1. The predicted octanol–water partition coefficient (Wildman–Crippen LogP) is 2.08. The molecular weight excluding hydrogens is 242 g/mol. The molecule has 0 aliphatic rings. The minimum atomic E-state index is -0.432. The standard InChI is InChI=1S/C5H4Cl2N2OS.ClH/c6-3-1-2(4(7)11-3)5(10)9-8;/h1H,8H2,(H,9,10);1H. The first-order chi connectivity index (χ1) is 5.15. The van der Waals surface area contributed by atoms with E-state index in [0.29, 0.717) is 14.2 Å². The van der Waals surface area contributed by atoms with Gasteiger partial charge in [0.15, 0.2) is 0 Å². The first-order valence-corrected chi connectivity index (χ1v) is 4.18. The number of rotatable bonds is 1. The van der Waals surface area contributed by atoms with Gasteiger partial charge in [0.2, 0.25) is 0 Å². The molecule has 1 heterocycles. The molecule has 0 fully saturated rings. The fraction of sp³-hybridized carbons (Fsp3) is 0. The van der Waals surface area contributed by atoms with Crippen LogP contribution in [0.4, 0.5) is 0 Å². The van der Waals surface area contributed by atoms with Gasteiger partial charge in [0.05, 0.1) is 9.90 Å². The van der Waals surface area contributed by atoms with Gasteiger partial charge in [-0.3, -0.25) is 10.2 Å². The second kappa shape index (κ2) is 4.89. The SMILES string of the molecule is Cl.NNC(=O)c1cc(Cl)sc1Cl. The second-order valence-corrected chi connectivity index (χ2v) is 4.00. The highest BCUT2D eigenvalue weighted by Gasteiger charge is 2.12. The van der Waals surface area contributed by atoms with E-state index in [2.05, 4.69) is 0 Å². The molecule has 3 N–H and O–H groups in total. The van der Waals surface area contributed by atoms with Crippen LogP contribution in [0.15, 0.2) is 6.07 Å². The van der Waals surface area contributed by atoms with E-state index >= 15 is 0 Å². The lowest BCUT2D eigenvalue weighted by Gasteiger charge is -1.93. The predicted molar refractivity (Wildman–Crippen MR) is 53.2 cm³/mol. The number of carbonyl (C=O) groups is 1. The lowest BCUT2D eigenvalue weighted by atomic mass is 10.3. The molecule has 0 unspecified atom stereocenters. The van der Waals surface area contributed by atoms with Gasteiger partial charge < -0.3 is 0 Å². The molecule has 3 nitrogen and oxygen atoms in total. The van der Waals surface area contributed by atoms with Crippen molar-refractivity contribution >= 4 is 52.9 Å². The van der Waals surface area contributed by atoms with Gasteiger partial charge in [-0.2, -0.15) is 0 Å². The number of hydrogen-bond acceptors (Lipinski definition) is 3. The molecule has 1 aromatic rings. The molecule has 0 saturated heterocycles. The van der Waals surface area contributed by atoms with Gasteiger partial charge >= 0.3 is 0 Å². The van der Waals surface area contributed by atoms with E-state index in [1.54, 1.807) is 0 Å². The van der Waals surface area contributed by atoms with Crippen LogP contribution < -0.4 is 11.3 Å². The van der Waals surface area contributed by atoms with Crippen LogP contribution in [0.2, 0.25) is 8.67 Å². The van der Waals surface area contributed by atoms with Crippen molar-refractivity contribution in [2.24, 2.45) is 5.84 Å². The number of nitrogens with two attached hydrogens (primary N) is 1. The third-order valence-corrected chi connectivity index (χ3v) is 2.52. The van der Waals surface area contributed by atoms with Gasteiger partial charge in [-0.25, -0.2) is 5.84 Å². The molecule has 0 radical (unpaired) electrons. The summed E-state index contributed by atoms with van der Waals surface area (Å²) in [5.74, 6) is 4.45. The molecule has 0 aliphatic heterocycles. The molecule has 0 saturated carbocycles. The summed E-state index contributed by atoms with van der Waals surface area (Å²) >= 11 is 12.3. The Bertz CT molecular complexity index is 288. The second-order valence-electron chi connectivity index (χ2n) is 1.71. The van der Waals surface area contributed by atoms with E-state index in [1.807, 2.05) is 5.43 Å². The number of amides is 1. The monoisotopic (exact) mass is 246 g/mol. The van der Waals surface area contributed by atoms with E-state index in [-0.39, 0.29) is 12.4 Å². The number of thiophene rings is 1. The molecule has 1 amide bonds. The van der Waals surface area contributed by atoms with E-state index in [4.69, 9.17) is 29.0 Å². The summed E-state index contributed by atoms with van der Waals surface area (Å²) in [6, 6.07) is 1.47. The molecule has 1 aromatic heterocycles. The van der Waals surface area contributed by atoms with Crippen molar-refractivity contribution in [3.63, 3.8) is 0 Å². The zero-order valence-electron chi connectivity index (χ0n) is 5.64. The Labute approximate surface area is 89.2 Å². The molecule has 0 atom stereocenters. The lowest BCUT2D eigenvalue weighted by molar-refractivity contribution is 0.0954. The molecule has 0 spiro atoms. The minimum absolute atomic E-state index is 0. The largest absolute Gasteiger partial charge is 0.290 e. The van der Waals surface area contributed by atoms with Gasteiger partial charge in [-0.1, -0.05) is 23.2 Å². The average Bonchev–Trinajstić information content (AvgIpc) is 2.28. The van der Waals surface area contributed by atoms with Gasteiger partial charge in [-0.15, -0.1) is 23.7 Å². The first-order valence-electron chi connectivity index (χ1n) is 2.61. The van der Waals surface area contributed by atoms with E-state index in [1.165, 1.54) is 6.07 Å². The van der Waals surface area contributed by atoms with Crippen LogP contribution in [-0.2, 0) is 0 Å². The third kappa shape index (κ3) is 2.50. The Hall–Kier alpha value is -0.0000000000000000555. The molecule has 68 valence electrons. The van der Waals surface area contributed by atoms with Crippen molar-refractivity contribution in [2.45, 2.75) is 0 Å². The molecule has 0 bridgehead atoms. The van der Waals surface area contributed by atoms with Gasteiger partial charge in [0.25, 0.3) is 5.91 Å². The van der Waals surface area contributed by atoms with Crippen molar-refractivity contribution < 1.29 is 4.79 Å². The fourth-order valence-electron chi connectivity index (χ4n) is 0.573. The first kappa shape index (κ1) is 12.0.